The summed E-state index contributed by atoms with van der Waals surface area (Å²) in [6, 6.07) is 0.458. The summed E-state index contributed by atoms with van der Waals surface area (Å²) in [7, 11) is 0. The topological polar surface area (TPSA) is 217 Å². The number of rotatable bonds is 7. The average molecular weight is 1350 g/mol. The number of nitrogens with one attached hydrogen (secondary N) is 1. The Bertz CT molecular complexity index is 2100. The summed E-state index contributed by atoms with van der Waals surface area (Å²) in [5.74, 6) is -2.27. The standard InChI is InChI=1S/C17H22F6N2O4.C12H12ClF6NO3.C12H13F6NO4.C5H11NO.3H2S/c18-16(19,20)13(17(21,22)23)29-14(27)25-5-3-15(4-6-25)9-11(15)12(26)24-10-1-7-28-8-2-10;13-7(21)6-5-10(6)1-3-20(4-2-10)9(22)23-8(11(14,15)16)12(17,18)19;13-11(14,15)8(12(16,17)18)23-9(22)19-3-1-10(2-4-19)5-6(10)7(20)21;6-5-1-3-7-4-2-5;;;/h10-11,13H,1-9H2,(H,24,26);6,8H,1-5H2;6,8H,1-5H2,(H,20,21);5H,1-4,6H2;3*1H2/t11-;2*6-;;;;/m111..../s1. The van der Waals surface area contributed by atoms with Crippen LogP contribution in [0.3, 0.4) is 0 Å². The summed E-state index contributed by atoms with van der Waals surface area (Å²) in [5.41, 5.74) is 4.32. The van der Waals surface area contributed by atoms with Crippen LogP contribution in [0.4, 0.5) is 93.4 Å². The molecule has 496 valence electrons. The third-order valence-corrected chi connectivity index (χ3v) is 16.0. The molecule has 39 heteroatoms. The van der Waals surface area contributed by atoms with Crippen molar-refractivity contribution < 1.29 is 137 Å². The zero-order chi connectivity index (χ0) is 61.8. The Morgan fingerprint density at radius 3 is 0.965 bits per heavy atom. The van der Waals surface area contributed by atoms with E-state index in [1.807, 2.05) is 0 Å². The van der Waals surface area contributed by atoms with Crippen LogP contribution in [0.25, 0.3) is 0 Å². The molecule has 8 rings (SSSR count). The van der Waals surface area contributed by atoms with Gasteiger partial charge in [0.2, 0.25) is 11.1 Å². The summed E-state index contributed by atoms with van der Waals surface area (Å²) < 4.78 is 245. The van der Waals surface area contributed by atoms with E-state index in [0.29, 0.717) is 51.4 Å². The number of ether oxygens (including phenoxy) is 5. The predicted molar refractivity (Wildman–Crippen MR) is 271 cm³/mol. The van der Waals surface area contributed by atoms with Crippen molar-refractivity contribution in [1.29, 1.82) is 0 Å². The number of carbonyl (C=O) groups excluding carboxylic acids is 5. The van der Waals surface area contributed by atoms with Crippen LogP contribution in [-0.4, -0.2) is 188 Å². The van der Waals surface area contributed by atoms with Crippen molar-refractivity contribution in [3.05, 3.63) is 0 Å². The Labute approximate surface area is 498 Å². The Morgan fingerprint density at radius 1 is 0.471 bits per heavy atom. The number of nitrogens with zero attached hydrogens (tertiary/aromatic N) is 3. The van der Waals surface area contributed by atoms with Crippen molar-refractivity contribution >= 4 is 87.5 Å². The maximum absolute atomic E-state index is 12.5. The maximum Gasteiger partial charge on any atom is 0.434 e. The molecule has 3 spiro atoms. The van der Waals surface area contributed by atoms with Gasteiger partial charge in [-0.3, -0.25) is 14.4 Å². The number of hydrogen-bond acceptors (Lipinski definition) is 12. The summed E-state index contributed by atoms with van der Waals surface area (Å²) in [6.07, 6.45) is -45.3. The molecule has 0 bridgehead atoms. The average Bonchev–Trinajstić information content (AvgIpc) is 3.81. The van der Waals surface area contributed by atoms with E-state index in [1.165, 1.54) is 0 Å². The Morgan fingerprint density at radius 2 is 0.729 bits per heavy atom. The van der Waals surface area contributed by atoms with Crippen molar-refractivity contribution in [1.82, 2.24) is 20.0 Å². The van der Waals surface area contributed by atoms with Gasteiger partial charge in [0.05, 0.1) is 5.92 Å². The van der Waals surface area contributed by atoms with Crippen LogP contribution in [0.5, 0.6) is 0 Å². The van der Waals surface area contributed by atoms with Gasteiger partial charge in [-0.05, 0) is 111 Å². The molecule has 8 aliphatic rings. The molecule has 3 atom stereocenters. The van der Waals surface area contributed by atoms with E-state index in [-0.39, 0.29) is 140 Å². The smallest absolute Gasteiger partial charge is 0.434 e. The van der Waals surface area contributed by atoms with E-state index in [2.05, 4.69) is 19.5 Å². The highest BCUT2D eigenvalue weighted by Gasteiger charge is 2.65. The van der Waals surface area contributed by atoms with E-state index >= 15 is 0 Å². The molecule has 0 aromatic heterocycles. The molecule has 0 aromatic carbocycles. The second-order valence-corrected chi connectivity index (χ2v) is 21.7. The second-order valence-electron chi connectivity index (χ2n) is 21.3. The number of hydrogen-bond donors (Lipinski definition) is 3. The van der Waals surface area contributed by atoms with Crippen LogP contribution < -0.4 is 11.1 Å². The monoisotopic (exact) mass is 1350 g/mol. The van der Waals surface area contributed by atoms with Crippen molar-refractivity contribution in [2.75, 3.05) is 65.7 Å². The lowest BCUT2D eigenvalue weighted by molar-refractivity contribution is -0.309. The van der Waals surface area contributed by atoms with Gasteiger partial charge in [-0.25, -0.2) is 14.4 Å². The van der Waals surface area contributed by atoms with Crippen LogP contribution in [0.2, 0.25) is 0 Å². The molecule has 85 heavy (non-hydrogen) atoms. The van der Waals surface area contributed by atoms with Crippen LogP contribution in [0.15, 0.2) is 0 Å². The van der Waals surface area contributed by atoms with E-state index in [0.717, 1.165) is 53.6 Å². The first-order chi connectivity index (χ1) is 37.5. The van der Waals surface area contributed by atoms with E-state index in [9.17, 15) is 108 Å². The molecule has 8 fully saturated rings. The van der Waals surface area contributed by atoms with Crippen LogP contribution in [0, 0.1) is 34.0 Å². The van der Waals surface area contributed by atoms with Crippen LogP contribution in [-0.2, 0) is 38.1 Å². The van der Waals surface area contributed by atoms with E-state index < -0.39 is 96.2 Å². The molecular formula is C46H64ClF18N5O12S3. The fourth-order valence-corrected chi connectivity index (χ4v) is 10.8. The molecule has 0 aromatic rings. The van der Waals surface area contributed by atoms with E-state index in [4.69, 9.17) is 31.9 Å². The Hall–Kier alpha value is -3.62. The molecule has 3 aliphatic carbocycles. The first-order valence-electron chi connectivity index (χ1n) is 25.5. The molecule has 3 saturated carbocycles. The van der Waals surface area contributed by atoms with Gasteiger partial charge in [0.1, 0.15) is 0 Å². The van der Waals surface area contributed by atoms with Crippen LogP contribution >= 0.6 is 52.1 Å². The van der Waals surface area contributed by atoms with E-state index in [1.54, 1.807) is 0 Å². The Kier molecular flexibility index (Phi) is 27.2. The van der Waals surface area contributed by atoms with Gasteiger partial charge < -0.3 is 54.5 Å². The fourth-order valence-electron chi connectivity index (χ4n) is 10.5. The lowest BCUT2D eigenvalue weighted by Crippen LogP contribution is -2.49. The molecule has 4 amide bonds. The zero-order valence-corrected chi connectivity index (χ0v) is 48.2. The van der Waals surface area contributed by atoms with Crippen molar-refractivity contribution in [3.63, 3.8) is 0 Å². The largest absolute Gasteiger partial charge is 0.481 e. The number of carboxylic acids is 1. The number of carboxylic acid groups (broad SMARTS) is 1. The van der Waals surface area contributed by atoms with Gasteiger partial charge in [-0.15, -0.1) is 0 Å². The lowest BCUT2D eigenvalue weighted by Gasteiger charge is -2.34. The molecule has 17 nitrogen and oxygen atoms in total. The van der Waals surface area contributed by atoms with Gasteiger partial charge in [-0.2, -0.15) is 120 Å². The molecular weight excluding hydrogens is 1290 g/mol. The highest BCUT2D eigenvalue weighted by atomic mass is 35.5. The van der Waals surface area contributed by atoms with Gasteiger partial charge in [0.25, 0.3) is 18.3 Å². The number of carbonyl (C=O) groups is 6. The summed E-state index contributed by atoms with van der Waals surface area (Å²) in [6.45, 7) is 2.34. The van der Waals surface area contributed by atoms with Gasteiger partial charge in [0.15, 0.2) is 0 Å². The number of piperidine rings is 3. The van der Waals surface area contributed by atoms with Gasteiger partial charge in [0, 0.05) is 89.6 Å². The van der Waals surface area contributed by atoms with Gasteiger partial charge in [-0.1, -0.05) is 0 Å². The first-order valence-corrected chi connectivity index (χ1v) is 25.8. The van der Waals surface area contributed by atoms with Gasteiger partial charge >= 0.3 is 61.3 Å². The minimum atomic E-state index is -5.75. The van der Waals surface area contributed by atoms with Crippen LogP contribution in [0.1, 0.15) is 83.5 Å². The number of amides is 4. The summed E-state index contributed by atoms with van der Waals surface area (Å²) >= 11 is 5.37. The second kappa shape index (κ2) is 29.8. The summed E-state index contributed by atoms with van der Waals surface area (Å²) in [4.78, 5) is 71.6. The van der Waals surface area contributed by atoms with Crippen molar-refractivity contribution in [2.45, 2.75) is 151 Å². The number of nitrogens with two attached hydrogens (primary N) is 1. The Balaban J connectivity index is 0.000000406. The molecule has 5 saturated heterocycles. The highest BCUT2D eigenvalue weighted by Crippen LogP contribution is 2.62. The van der Waals surface area contributed by atoms with Crippen molar-refractivity contribution in [3.8, 4) is 0 Å². The molecule has 5 aliphatic heterocycles. The third-order valence-electron chi connectivity index (χ3n) is 15.8. The number of alkyl halides is 18. The number of aliphatic carboxylic acids is 1. The first kappa shape index (κ1) is 77.5. The number of likely N-dealkylation sites (tertiary alicyclic amines) is 3. The summed E-state index contributed by atoms with van der Waals surface area (Å²) in [5, 5.41) is 11.3. The molecule has 4 N–H and O–H groups in total. The highest BCUT2D eigenvalue weighted by molar-refractivity contribution is 7.59. The maximum atomic E-state index is 12.5. The third kappa shape index (κ3) is 21.5. The fraction of sp³-hybridized carbons (Fsp3) is 0.870. The quantitative estimate of drug-likeness (QED) is 0.123. The molecule has 5 heterocycles. The lowest BCUT2D eigenvalue weighted by atomic mass is 9.90. The SMILES string of the molecule is NC1CCOCC1.O=C(Cl)[C@H]1CC12CCN(C(=O)OC(C(F)(F)F)C(F)(F)F)CC2.O=C(NC1CCOCC1)[C@H]1CC12CCN(C(=O)OC(C(F)(F)F)C(F)(F)F)CC2.O=C(O)[C@H]1CC12CCN(C(=O)OC(C(F)(F)F)C(F)(F)F)CC2.S.S.S. The molecule has 0 radical (unpaired) electrons. The normalized spacial score (nSPS) is 23.7. The molecule has 0 unspecified atom stereocenters. The number of halogens is 19. The zero-order valence-electron chi connectivity index (χ0n) is 44.4. The minimum Gasteiger partial charge on any atom is -0.481 e. The predicted octanol–water partition coefficient (Wildman–Crippen LogP) is 9.76. The van der Waals surface area contributed by atoms with Crippen molar-refractivity contribution in [2.24, 2.45) is 39.7 Å². The minimum absolute atomic E-state index is 0.